The molecule has 1 aromatic rings. The summed E-state index contributed by atoms with van der Waals surface area (Å²) in [5.41, 5.74) is 1.04. The number of aromatic nitrogens is 1. The van der Waals surface area contributed by atoms with Crippen LogP contribution in [0.5, 0.6) is 0 Å². The molecule has 0 radical (unpaired) electrons. The number of nitrogens with one attached hydrogen (secondary N) is 2. The van der Waals surface area contributed by atoms with Gasteiger partial charge in [-0.1, -0.05) is 6.07 Å². The van der Waals surface area contributed by atoms with Gasteiger partial charge in [0.25, 0.3) is 0 Å². The van der Waals surface area contributed by atoms with Crippen LogP contribution in [0.25, 0.3) is 0 Å². The number of carbonyl (C=O) groups is 1. The van der Waals surface area contributed by atoms with Crippen LogP contribution in [0.4, 0.5) is 5.82 Å². The van der Waals surface area contributed by atoms with Gasteiger partial charge in [0.05, 0.1) is 13.2 Å². The number of pyridine rings is 1. The third kappa shape index (κ3) is 4.91. The van der Waals surface area contributed by atoms with Crippen LogP contribution in [0.2, 0.25) is 0 Å². The molecular formula is C17H26N4O2. The maximum atomic E-state index is 11.9. The molecule has 3 heterocycles. The molecule has 2 aliphatic rings. The highest BCUT2D eigenvalue weighted by atomic mass is 16.5. The summed E-state index contributed by atoms with van der Waals surface area (Å²) in [5.74, 6) is 1.78. The predicted octanol–water partition coefficient (Wildman–Crippen LogP) is 0.924. The van der Waals surface area contributed by atoms with E-state index in [2.05, 4.69) is 20.5 Å². The van der Waals surface area contributed by atoms with Gasteiger partial charge in [-0.15, -0.1) is 0 Å². The van der Waals surface area contributed by atoms with Crippen LogP contribution in [-0.2, 0) is 16.1 Å². The first-order valence-corrected chi connectivity index (χ1v) is 8.56. The molecule has 126 valence electrons. The number of ether oxygens (including phenoxy) is 1. The number of hydrogen-bond acceptors (Lipinski definition) is 5. The van der Waals surface area contributed by atoms with E-state index >= 15 is 0 Å². The van der Waals surface area contributed by atoms with Gasteiger partial charge in [0.1, 0.15) is 5.82 Å². The van der Waals surface area contributed by atoms with Crippen molar-refractivity contribution in [1.82, 2.24) is 15.6 Å². The van der Waals surface area contributed by atoms with Crippen LogP contribution in [0, 0.1) is 5.92 Å². The average molecular weight is 318 g/mol. The second-order valence-electron chi connectivity index (χ2n) is 6.30. The molecule has 2 fully saturated rings. The number of morpholine rings is 1. The van der Waals surface area contributed by atoms with Crippen LogP contribution in [-0.4, -0.2) is 50.3 Å². The Kier molecular flexibility index (Phi) is 5.82. The lowest BCUT2D eigenvalue weighted by Crippen LogP contribution is -2.36. The van der Waals surface area contributed by atoms with Crippen molar-refractivity contribution < 1.29 is 9.53 Å². The van der Waals surface area contributed by atoms with Crippen molar-refractivity contribution >= 4 is 11.7 Å². The summed E-state index contributed by atoms with van der Waals surface area (Å²) in [4.78, 5) is 18.6. The Morgan fingerprint density at radius 1 is 1.39 bits per heavy atom. The Hall–Kier alpha value is -1.66. The summed E-state index contributed by atoms with van der Waals surface area (Å²) in [6, 6.07) is 4.07. The Bertz CT molecular complexity index is 494. The second-order valence-corrected chi connectivity index (χ2v) is 6.30. The Labute approximate surface area is 137 Å². The molecule has 2 N–H and O–H groups in total. The van der Waals surface area contributed by atoms with Crippen molar-refractivity contribution in [2.24, 2.45) is 5.92 Å². The third-order valence-corrected chi connectivity index (χ3v) is 4.58. The normalized spacial score (nSPS) is 21.4. The number of anilines is 1. The van der Waals surface area contributed by atoms with Gasteiger partial charge in [-0.05, 0) is 43.5 Å². The minimum atomic E-state index is 0.133. The van der Waals surface area contributed by atoms with Gasteiger partial charge in [0.15, 0.2) is 0 Å². The molecule has 2 saturated heterocycles. The first-order valence-electron chi connectivity index (χ1n) is 8.56. The molecule has 1 unspecified atom stereocenters. The quantitative estimate of drug-likeness (QED) is 0.817. The standard InChI is InChI=1S/C17H26N4O2/c22-17(4-2-14-5-6-18-11-14)20-13-15-1-3-16(19-12-15)21-7-9-23-10-8-21/h1,3,12,14,18H,2,4-11,13H2,(H,20,22). The van der Waals surface area contributed by atoms with Crippen molar-refractivity contribution in [2.75, 3.05) is 44.3 Å². The number of amides is 1. The van der Waals surface area contributed by atoms with Crippen molar-refractivity contribution in [3.8, 4) is 0 Å². The van der Waals surface area contributed by atoms with E-state index in [1.165, 1.54) is 6.42 Å². The fourth-order valence-corrected chi connectivity index (χ4v) is 3.09. The molecule has 6 heteroatoms. The van der Waals surface area contributed by atoms with E-state index in [-0.39, 0.29) is 5.91 Å². The van der Waals surface area contributed by atoms with Crippen LogP contribution in [0.3, 0.4) is 0 Å². The summed E-state index contributed by atoms with van der Waals surface area (Å²) in [7, 11) is 0. The largest absolute Gasteiger partial charge is 0.378 e. The predicted molar refractivity (Wildman–Crippen MR) is 89.3 cm³/mol. The van der Waals surface area contributed by atoms with E-state index in [9.17, 15) is 4.79 Å². The highest BCUT2D eigenvalue weighted by Gasteiger charge is 2.15. The molecular weight excluding hydrogens is 292 g/mol. The third-order valence-electron chi connectivity index (χ3n) is 4.58. The number of rotatable bonds is 6. The fourth-order valence-electron chi connectivity index (χ4n) is 3.09. The van der Waals surface area contributed by atoms with E-state index in [4.69, 9.17) is 4.74 Å². The molecule has 0 bridgehead atoms. The van der Waals surface area contributed by atoms with Crippen LogP contribution >= 0.6 is 0 Å². The zero-order chi connectivity index (χ0) is 15.9. The van der Waals surface area contributed by atoms with Crippen LogP contribution in [0.15, 0.2) is 18.3 Å². The topological polar surface area (TPSA) is 66.5 Å². The molecule has 1 atom stereocenters. The van der Waals surface area contributed by atoms with Crippen molar-refractivity contribution in [3.05, 3.63) is 23.9 Å². The second kappa shape index (κ2) is 8.26. The monoisotopic (exact) mass is 318 g/mol. The molecule has 0 saturated carbocycles. The van der Waals surface area contributed by atoms with Crippen LogP contribution < -0.4 is 15.5 Å². The summed E-state index contributed by atoms with van der Waals surface area (Å²) in [6.07, 6.45) is 4.64. The zero-order valence-corrected chi connectivity index (χ0v) is 13.6. The Balaban J connectivity index is 1.40. The summed E-state index contributed by atoms with van der Waals surface area (Å²) >= 11 is 0. The summed E-state index contributed by atoms with van der Waals surface area (Å²) in [5, 5.41) is 6.32. The van der Waals surface area contributed by atoms with E-state index in [0.29, 0.717) is 18.9 Å². The van der Waals surface area contributed by atoms with Crippen molar-refractivity contribution in [3.63, 3.8) is 0 Å². The molecule has 1 aromatic heterocycles. The molecule has 2 aliphatic heterocycles. The molecule has 0 aliphatic carbocycles. The molecule has 23 heavy (non-hydrogen) atoms. The molecule has 0 spiro atoms. The van der Waals surface area contributed by atoms with Gasteiger partial charge >= 0.3 is 0 Å². The van der Waals surface area contributed by atoms with Gasteiger partial charge in [0, 0.05) is 32.3 Å². The Morgan fingerprint density at radius 2 is 2.26 bits per heavy atom. The average Bonchev–Trinajstić information content (AvgIpc) is 3.13. The number of nitrogens with zero attached hydrogens (tertiary/aromatic N) is 2. The smallest absolute Gasteiger partial charge is 0.220 e. The van der Waals surface area contributed by atoms with Gasteiger partial charge in [-0.25, -0.2) is 4.98 Å². The maximum absolute atomic E-state index is 11.9. The summed E-state index contributed by atoms with van der Waals surface area (Å²) < 4.78 is 5.35. The van der Waals surface area contributed by atoms with Crippen LogP contribution in [0.1, 0.15) is 24.8 Å². The van der Waals surface area contributed by atoms with E-state index < -0.39 is 0 Å². The Morgan fingerprint density at radius 3 is 2.96 bits per heavy atom. The van der Waals surface area contributed by atoms with E-state index in [1.54, 1.807) is 0 Å². The lowest BCUT2D eigenvalue weighted by Gasteiger charge is -2.27. The van der Waals surface area contributed by atoms with E-state index in [1.807, 2.05) is 18.3 Å². The maximum Gasteiger partial charge on any atom is 0.220 e. The molecule has 1 amide bonds. The van der Waals surface area contributed by atoms with Gasteiger partial charge in [0.2, 0.25) is 5.91 Å². The molecule has 6 nitrogen and oxygen atoms in total. The minimum absolute atomic E-state index is 0.133. The first kappa shape index (κ1) is 16.2. The highest BCUT2D eigenvalue weighted by Crippen LogP contribution is 2.15. The van der Waals surface area contributed by atoms with Crippen molar-refractivity contribution in [1.29, 1.82) is 0 Å². The highest BCUT2D eigenvalue weighted by molar-refractivity contribution is 5.75. The van der Waals surface area contributed by atoms with Gasteiger partial charge in [-0.3, -0.25) is 4.79 Å². The van der Waals surface area contributed by atoms with E-state index in [0.717, 1.165) is 57.2 Å². The zero-order valence-electron chi connectivity index (χ0n) is 13.6. The minimum Gasteiger partial charge on any atom is -0.378 e. The lowest BCUT2D eigenvalue weighted by atomic mass is 10.0. The molecule has 0 aromatic carbocycles. The van der Waals surface area contributed by atoms with Gasteiger partial charge < -0.3 is 20.3 Å². The lowest BCUT2D eigenvalue weighted by molar-refractivity contribution is -0.121. The SMILES string of the molecule is O=C(CCC1CCNC1)NCc1ccc(N2CCOCC2)nc1. The van der Waals surface area contributed by atoms with Crippen molar-refractivity contribution in [2.45, 2.75) is 25.8 Å². The molecule has 3 rings (SSSR count). The summed E-state index contributed by atoms with van der Waals surface area (Å²) in [6.45, 7) is 6.00. The number of carbonyl (C=O) groups excluding carboxylic acids is 1. The fraction of sp³-hybridized carbons (Fsp3) is 0.647. The first-order chi connectivity index (χ1) is 11.3. The number of hydrogen-bond donors (Lipinski definition) is 2. The van der Waals surface area contributed by atoms with Gasteiger partial charge in [-0.2, -0.15) is 0 Å².